The SMILES string of the molecule is CC1C=C2/C(=C\C(C)C(N)C1)C1/C=C\C=C/C2CC1. The van der Waals surface area contributed by atoms with Gasteiger partial charge in [0.15, 0.2) is 0 Å². The zero-order chi connectivity index (χ0) is 13.4. The zero-order valence-corrected chi connectivity index (χ0v) is 12.0. The maximum atomic E-state index is 6.32. The first-order chi connectivity index (χ1) is 9.15. The third-order valence-electron chi connectivity index (χ3n) is 4.94. The van der Waals surface area contributed by atoms with E-state index in [1.165, 1.54) is 12.8 Å². The first-order valence-corrected chi connectivity index (χ1v) is 7.69. The third kappa shape index (κ3) is 2.49. The molecule has 2 N–H and O–H groups in total. The van der Waals surface area contributed by atoms with Gasteiger partial charge in [0.25, 0.3) is 0 Å². The van der Waals surface area contributed by atoms with Crippen LogP contribution in [0.4, 0.5) is 0 Å². The standard InChI is InChI=1S/C18H25N/c1-12-9-16-14-5-3-4-6-15(8-7-14)17(16)11-13(2)18(19)10-12/h3-6,9,11-15,18H,7-8,10,19H2,1-2H3/b5-3-,6-4-,16-9?,17-11-. The van der Waals surface area contributed by atoms with Gasteiger partial charge in [0.1, 0.15) is 0 Å². The fraction of sp³-hybridized carbons (Fsp3) is 0.556. The van der Waals surface area contributed by atoms with Gasteiger partial charge in [-0.15, -0.1) is 0 Å². The van der Waals surface area contributed by atoms with Crippen LogP contribution in [0.1, 0.15) is 33.1 Å². The molecule has 5 atom stereocenters. The van der Waals surface area contributed by atoms with Gasteiger partial charge >= 0.3 is 0 Å². The van der Waals surface area contributed by atoms with Crippen LogP contribution >= 0.6 is 0 Å². The maximum Gasteiger partial charge on any atom is 0.0105 e. The molecule has 0 heterocycles. The fourth-order valence-corrected chi connectivity index (χ4v) is 3.76. The first kappa shape index (κ1) is 12.9. The van der Waals surface area contributed by atoms with Gasteiger partial charge in [0.2, 0.25) is 0 Å². The van der Waals surface area contributed by atoms with Crippen LogP contribution in [0.25, 0.3) is 0 Å². The van der Waals surface area contributed by atoms with Crippen LogP contribution in [0.5, 0.6) is 0 Å². The monoisotopic (exact) mass is 255 g/mol. The Bertz CT molecular complexity index is 466. The minimum atomic E-state index is 0.295. The average Bonchev–Trinajstić information content (AvgIpc) is 2.32. The molecule has 19 heavy (non-hydrogen) atoms. The quantitative estimate of drug-likeness (QED) is 0.696. The summed E-state index contributed by atoms with van der Waals surface area (Å²) in [6.07, 6.45) is 17.8. The highest BCUT2D eigenvalue weighted by molar-refractivity contribution is 5.44. The van der Waals surface area contributed by atoms with Crippen molar-refractivity contribution < 1.29 is 0 Å². The molecule has 1 fully saturated rings. The van der Waals surface area contributed by atoms with E-state index in [4.69, 9.17) is 5.73 Å². The van der Waals surface area contributed by atoms with E-state index < -0.39 is 0 Å². The van der Waals surface area contributed by atoms with Crippen molar-refractivity contribution in [1.82, 2.24) is 0 Å². The molecule has 0 aromatic rings. The van der Waals surface area contributed by atoms with Crippen LogP contribution in [0.15, 0.2) is 47.6 Å². The second-order valence-electron chi connectivity index (χ2n) is 6.54. The summed E-state index contributed by atoms with van der Waals surface area (Å²) in [7, 11) is 0. The molecule has 102 valence electrons. The molecule has 0 aromatic heterocycles. The second kappa shape index (κ2) is 5.13. The second-order valence-corrected chi connectivity index (χ2v) is 6.54. The van der Waals surface area contributed by atoms with Crippen LogP contribution in [-0.4, -0.2) is 6.04 Å². The molecule has 3 aliphatic rings. The zero-order valence-electron chi connectivity index (χ0n) is 12.0. The van der Waals surface area contributed by atoms with Crippen molar-refractivity contribution in [3.05, 3.63) is 47.6 Å². The normalized spacial score (nSPS) is 47.6. The van der Waals surface area contributed by atoms with Gasteiger partial charge in [-0.2, -0.15) is 0 Å². The molecule has 0 amide bonds. The van der Waals surface area contributed by atoms with Crippen LogP contribution < -0.4 is 5.73 Å². The summed E-state index contributed by atoms with van der Waals surface area (Å²) >= 11 is 0. The summed E-state index contributed by atoms with van der Waals surface area (Å²) in [6.45, 7) is 4.59. The Kier molecular flexibility index (Phi) is 3.49. The minimum absolute atomic E-state index is 0.295. The Morgan fingerprint density at radius 2 is 1.53 bits per heavy atom. The highest BCUT2D eigenvalue weighted by Gasteiger charge is 2.30. The predicted molar refractivity (Wildman–Crippen MR) is 81.6 cm³/mol. The molecule has 3 aliphatic carbocycles. The Labute approximate surface area is 117 Å². The van der Waals surface area contributed by atoms with Crippen LogP contribution in [0, 0.1) is 23.7 Å². The van der Waals surface area contributed by atoms with Crippen molar-refractivity contribution in [2.75, 3.05) is 0 Å². The molecule has 0 radical (unpaired) electrons. The van der Waals surface area contributed by atoms with E-state index in [0.29, 0.717) is 29.7 Å². The van der Waals surface area contributed by atoms with Crippen molar-refractivity contribution in [1.29, 1.82) is 0 Å². The smallest absolute Gasteiger partial charge is 0.0105 e. The number of allylic oxidation sites excluding steroid dienone is 7. The molecule has 0 saturated heterocycles. The maximum absolute atomic E-state index is 6.32. The van der Waals surface area contributed by atoms with Gasteiger partial charge in [-0.25, -0.2) is 0 Å². The van der Waals surface area contributed by atoms with Crippen molar-refractivity contribution in [2.24, 2.45) is 29.4 Å². The highest BCUT2D eigenvalue weighted by atomic mass is 14.6. The highest BCUT2D eigenvalue weighted by Crippen LogP contribution is 2.43. The average molecular weight is 255 g/mol. The van der Waals surface area contributed by atoms with Gasteiger partial charge in [0, 0.05) is 17.9 Å². The molecule has 1 heteroatoms. The molecule has 0 aliphatic heterocycles. The summed E-state index contributed by atoms with van der Waals surface area (Å²) in [6, 6.07) is 0.295. The lowest BCUT2D eigenvalue weighted by atomic mass is 9.69. The van der Waals surface area contributed by atoms with Crippen molar-refractivity contribution in [3.63, 3.8) is 0 Å². The molecule has 5 unspecified atom stereocenters. The molecule has 0 spiro atoms. The van der Waals surface area contributed by atoms with E-state index >= 15 is 0 Å². The molecule has 1 saturated carbocycles. The van der Waals surface area contributed by atoms with Crippen molar-refractivity contribution >= 4 is 0 Å². The minimum Gasteiger partial charge on any atom is -0.327 e. The van der Waals surface area contributed by atoms with Crippen molar-refractivity contribution in [2.45, 2.75) is 39.2 Å². The van der Waals surface area contributed by atoms with E-state index in [1.54, 1.807) is 11.1 Å². The molecule has 3 rings (SSSR count). The molecule has 2 bridgehead atoms. The third-order valence-corrected chi connectivity index (χ3v) is 4.94. The fourth-order valence-electron chi connectivity index (χ4n) is 3.76. The van der Waals surface area contributed by atoms with Crippen molar-refractivity contribution in [3.8, 4) is 0 Å². The van der Waals surface area contributed by atoms with E-state index in [9.17, 15) is 0 Å². The largest absolute Gasteiger partial charge is 0.327 e. The summed E-state index contributed by atoms with van der Waals surface area (Å²) in [5.74, 6) is 2.30. The lowest BCUT2D eigenvalue weighted by Gasteiger charge is -2.36. The van der Waals surface area contributed by atoms with E-state index in [2.05, 4.69) is 50.3 Å². The number of nitrogens with two attached hydrogens (primary N) is 1. The molecule has 0 aromatic carbocycles. The molecular formula is C18H25N. The van der Waals surface area contributed by atoms with Gasteiger partial charge in [0.05, 0.1) is 0 Å². The molecular weight excluding hydrogens is 230 g/mol. The van der Waals surface area contributed by atoms with E-state index in [1.807, 2.05) is 0 Å². The number of hydrogen-bond acceptors (Lipinski definition) is 1. The van der Waals surface area contributed by atoms with Gasteiger partial charge in [-0.3, -0.25) is 0 Å². The Hall–Kier alpha value is -1.08. The van der Waals surface area contributed by atoms with Gasteiger partial charge < -0.3 is 5.73 Å². The number of hydrogen-bond donors (Lipinski definition) is 1. The topological polar surface area (TPSA) is 26.0 Å². The van der Waals surface area contributed by atoms with Crippen LogP contribution in [0.3, 0.4) is 0 Å². The summed E-state index contributed by atoms with van der Waals surface area (Å²) in [5.41, 5.74) is 9.47. The Balaban J connectivity index is 2.08. The lowest BCUT2D eigenvalue weighted by Crippen LogP contribution is -2.32. The number of rotatable bonds is 0. The predicted octanol–water partition coefficient (Wildman–Crippen LogP) is 3.99. The first-order valence-electron chi connectivity index (χ1n) is 7.69. The van der Waals surface area contributed by atoms with Crippen LogP contribution in [0.2, 0.25) is 0 Å². The Morgan fingerprint density at radius 1 is 0.947 bits per heavy atom. The summed E-state index contributed by atoms with van der Waals surface area (Å²) < 4.78 is 0. The van der Waals surface area contributed by atoms with Gasteiger partial charge in [-0.05, 0) is 42.2 Å². The van der Waals surface area contributed by atoms with Gasteiger partial charge in [-0.1, -0.05) is 50.3 Å². The van der Waals surface area contributed by atoms with E-state index in [-0.39, 0.29) is 0 Å². The van der Waals surface area contributed by atoms with E-state index in [0.717, 1.165) is 6.42 Å². The Morgan fingerprint density at radius 3 is 2.16 bits per heavy atom. The lowest BCUT2D eigenvalue weighted by molar-refractivity contribution is 0.428. The molecule has 1 nitrogen and oxygen atoms in total. The summed E-state index contributed by atoms with van der Waals surface area (Å²) in [5, 5.41) is 0. The summed E-state index contributed by atoms with van der Waals surface area (Å²) in [4.78, 5) is 0. The van der Waals surface area contributed by atoms with Crippen LogP contribution in [-0.2, 0) is 0 Å².